The van der Waals surface area contributed by atoms with Crippen molar-refractivity contribution >= 4 is 16.0 Å². The van der Waals surface area contributed by atoms with E-state index >= 15 is 0 Å². The quantitative estimate of drug-likeness (QED) is 0.690. The minimum absolute atomic E-state index is 0.235. The van der Waals surface area contributed by atoms with Crippen molar-refractivity contribution in [3.63, 3.8) is 0 Å². The van der Waals surface area contributed by atoms with Crippen LogP contribution in [0.25, 0.3) is 0 Å². The zero-order valence-corrected chi connectivity index (χ0v) is 8.66. The molecule has 0 atom stereocenters. The molecule has 0 bridgehead atoms. The van der Waals surface area contributed by atoms with Gasteiger partial charge in [0.25, 0.3) is 0 Å². The van der Waals surface area contributed by atoms with Gasteiger partial charge in [-0.3, -0.25) is 0 Å². The lowest BCUT2D eigenvalue weighted by atomic mass is 10.2. The van der Waals surface area contributed by atoms with Gasteiger partial charge < -0.3 is 9.90 Å². The van der Waals surface area contributed by atoms with Crippen LogP contribution in [0, 0.1) is 0 Å². The second kappa shape index (κ2) is 4.90. The Morgan fingerprint density at radius 1 is 1.27 bits per heavy atom. The maximum absolute atomic E-state index is 11.3. The molecule has 82 valence electrons. The molecule has 0 spiro atoms. The van der Waals surface area contributed by atoms with Crippen molar-refractivity contribution in [3.05, 3.63) is 35.9 Å². The summed E-state index contributed by atoms with van der Waals surface area (Å²) in [4.78, 5) is 10.1. The molecule has 1 aromatic rings. The fourth-order valence-electron chi connectivity index (χ4n) is 1.01. The number of carboxylic acids is 1. The molecule has 0 aliphatic carbocycles. The van der Waals surface area contributed by atoms with E-state index in [0.717, 1.165) is 0 Å². The number of benzene rings is 1. The minimum atomic E-state index is -3.60. The smallest absolute Gasteiger partial charge is 0.216 e. The number of aliphatic carboxylic acids is 1. The third-order valence-corrected chi connectivity index (χ3v) is 2.93. The molecule has 1 N–H and O–H groups in total. The van der Waals surface area contributed by atoms with E-state index in [0.29, 0.717) is 5.56 Å². The fourth-order valence-corrected chi connectivity index (χ4v) is 2.08. The Morgan fingerprint density at radius 3 is 2.40 bits per heavy atom. The normalized spacial score (nSPS) is 11.2. The largest absolute Gasteiger partial charge is 0.549 e. The Bertz CT molecular complexity index is 427. The van der Waals surface area contributed by atoms with Gasteiger partial charge >= 0.3 is 0 Å². The lowest BCUT2D eigenvalue weighted by Crippen LogP contribution is -2.38. The monoisotopic (exact) mass is 228 g/mol. The molecule has 5 nitrogen and oxygen atoms in total. The molecule has 0 aliphatic rings. The number of hydrogen-bond acceptors (Lipinski definition) is 4. The summed E-state index contributed by atoms with van der Waals surface area (Å²) in [6.07, 6.45) is 0. The lowest BCUT2D eigenvalue weighted by molar-refractivity contribution is -0.303. The predicted octanol–water partition coefficient (Wildman–Crippen LogP) is -1.14. The van der Waals surface area contributed by atoms with E-state index in [1.807, 2.05) is 4.72 Å². The first-order chi connectivity index (χ1) is 6.99. The highest BCUT2D eigenvalue weighted by Crippen LogP contribution is 2.03. The van der Waals surface area contributed by atoms with E-state index in [1.165, 1.54) is 0 Å². The number of carboxylic acid groups (broad SMARTS) is 1. The molecule has 0 unspecified atom stereocenters. The van der Waals surface area contributed by atoms with Gasteiger partial charge in [-0.2, -0.15) is 0 Å². The Labute approximate surface area is 87.8 Å². The van der Waals surface area contributed by atoms with Crippen molar-refractivity contribution in [2.75, 3.05) is 6.54 Å². The van der Waals surface area contributed by atoms with Crippen molar-refractivity contribution in [1.29, 1.82) is 0 Å². The summed E-state index contributed by atoms with van der Waals surface area (Å²) in [7, 11) is -3.60. The van der Waals surface area contributed by atoms with Crippen LogP contribution in [0.2, 0.25) is 0 Å². The van der Waals surface area contributed by atoms with E-state index < -0.39 is 22.5 Å². The van der Waals surface area contributed by atoms with Crippen molar-refractivity contribution < 1.29 is 18.3 Å². The van der Waals surface area contributed by atoms with Crippen LogP contribution in [-0.4, -0.2) is 20.9 Å². The lowest BCUT2D eigenvalue weighted by Gasteiger charge is -2.06. The van der Waals surface area contributed by atoms with Gasteiger partial charge in [-0.05, 0) is 5.56 Å². The van der Waals surface area contributed by atoms with Gasteiger partial charge in [0, 0.05) is 0 Å². The van der Waals surface area contributed by atoms with Crippen LogP contribution in [0.4, 0.5) is 0 Å². The van der Waals surface area contributed by atoms with Crippen molar-refractivity contribution in [3.8, 4) is 0 Å². The minimum Gasteiger partial charge on any atom is -0.549 e. The van der Waals surface area contributed by atoms with E-state index in [-0.39, 0.29) is 5.75 Å². The van der Waals surface area contributed by atoms with E-state index in [2.05, 4.69) is 0 Å². The second-order valence-corrected chi connectivity index (χ2v) is 4.74. The molecular weight excluding hydrogens is 218 g/mol. The maximum atomic E-state index is 11.3. The summed E-state index contributed by atoms with van der Waals surface area (Å²) in [6.45, 7) is -0.699. The molecule has 0 aromatic heterocycles. The summed E-state index contributed by atoms with van der Waals surface area (Å²) >= 11 is 0. The molecule has 0 saturated carbocycles. The molecular formula is C9H10NO4S-. The predicted molar refractivity (Wildman–Crippen MR) is 52.1 cm³/mol. The highest BCUT2D eigenvalue weighted by atomic mass is 32.2. The van der Waals surface area contributed by atoms with E-state index in [9.17, 15) is 18.3 Å². The zero-order chi connectivity index (χ0) is 11.3. The summed E-state index contributed by atoms with van der Waals surface area (Å²) < 4.78 is 24.5. The first-order valence-corrected chi connectivity index (χ1v) is 5.86. The first-order valence-electron chi connectivity index (χ1n) is 4.21. The Balaban J connectivity index is 2.61. The number of nitrogens with one attached hydrogen (secondary N) is 1. The number of carbonyl (C=O) groups excluding carboxylic acids is 1. The summed E-state index contributed by atoms with van der Waals surface area (Å²) in [5.74, 6) is -1.69. The van der Waals surface area contributed by atoms with Gasteiger partial charge in [0.1, 0.15) is 0 Å². The van der Waals surface area contributed by atoms with Crippen LogP contribution in [0.15, 0.2) is 30.3 Å². The molecule has 1 aromatic carbocycles. The Morgan fingerprint density at radius 2 is 1.87 bits per heavy atom. The summed E-state index contributed by atoms with van der Waals surface area (Å²) in [6, 6.07) is 8.49. The van der Waals surface area contributed by atoms with Crippen LogP contribution in [0.1, 0.15) is 5.56 Å². The van der Waals surface area contributed by atoms with Gasteiger partial charge in [-0.1, -0.05) is 30.3 Å². The molecule has 0 aliphatic heterocycles. The van der Waals surface area contributed by atoms with Crippen molar-refractivity contribution in [2.45, 2.75) is 5.75 Å². The number of rotatable bonds is 5. The SMILES string of the molecule is O=C([O-])CNS(=O)(=O)Cc1ccccc1. The molecule has 0 fully saturated rings. The van der Waals surface area contributed by atoms with Crippen molar-refractivity contribution in [1.82, 2.24) is 4.72 Å². The average Bonchev–Trinajstić information content (AvgIpc) is 2.16. The van der Waals surface area contributed by atoms with E-state index in [1.54, 1.807) is 30.3 Å². The Kier molecular flexibility index (Phi) is 3.81. The Hall–Kier alpha value is -1.40. The van der Waals surface area contributed by atoms with Gasteiger partial charge in [-0.15, -0.1) is 0 Å². The van der Waals surface area contributed by atoms with Crippen LogP contribution < -0.4 is 9.83 Å². The summed E-state index contributed by atoms with van der Waals surface area (Å²) in [5.41, 5.74) is 0.600. The fraction of sp³-hybridized carbons (Fsp3) is 0.222. The number of sulfonamides is 1. The van der Waals surface area contributed by atoms with Gasteiger partial charge in [-0.25, -0.2) is 13.1 Å². The molecule has 0 amide bonds. The highest BCUT2D eigenvalue weighted by Gasteiger charge is 2.10. The third-order valence-electron chi connectivity index (χ3n) is 1.64. The molecule has 0 heterocycles. The summed E-state index contributed by atoms with van der Waals surface area (Å²) in [5, 5.41) is 10.1. The van der Waals surface area contributed by atoms with Gasteiger partial charge in [0.15, 0.2) is 0 Å². The number of hydrogen-bond donors (Lipinski definition) is 1. The zero-order valence-electron chi connectivity index (χ0n) is 7.84. The van der Waals surface area contributed by atoms with Crippen LogP contribution in [0.3, 0.4) is 0 Å². The molecule has 0 radical (unpaired) electrons. The second-order valence-electron chi connectivity index (χ2n) is 2.94. The van der Waals surface area contributed by atoms with Crippen LogP contribution in [-0.2, 0) is 20.6 Å². The third kappa shape index (κ3) is 4.57. The number of carbonyl (C=O) groups is 1. The van der Waals surface area contributed by atoms with Crippen molar-refractivity contribution in [2.24, 2.45) is 0 Å². The highest BCUT2D eigenvalue weighted by molar-refractivity contribution is 7.88. The van der Waals surface area contributed by atoms with Gasteiger partial charge in [0.2, 0.25) is 10.0 Å². The molecule has 6 heteroatoms. The molecule has 0 saturated heterocycles. The first kappa shape index (κ1) is 11.7. The standard InChI is InChI=1S/C9H11NO4S/c11-9(12)6-10-15(13,14)7-8-4-2-1-3-5-8/h1-5,10H,6-7H2,(H,11,12)/p-1. The molecule has 1 rings (SSSR count). The average molecular weight is 228 g/mol. The van der Waals surface area contributed by atoms with Crippen LogP contribution in [0.5, 0.6) is 0 Å². The van der Waals surface area contributed by atoms with Crippen LogP contribution >= 0.6 is 0 Å². The maximum Gasteiger partial charge on any atom is 0.216 e. The van der Waals surface area contributed by atoms with E-state index in [4.69, 9.17) is 0 Å². The topological polar surface area (TPSA) is 86.3 Å². The molecule has 15 heavy (non-hydrogen) atoms. The van der Waals surface area contributed by atoms with Gasteiger partial charge in [0.05, 0.1) is 18.3 Å².